The predicted octanol–water partition coefficient (Wildman–Crippen LogP) is 3.09. The Morgan fingerprint density at radius 2 is 1.84 bits per heavy atom. The highest BCUT2D eigenvalue weighted by Crippen LogP contribution is 2.25. The van der Waals surface area contributed by atoms with E-state index in [-0.39, 0.29) is 0 Å². The van der Waals surface area contributed by atoms with E-state index in [2.05, 4.69) is 34.3 Å². The first-order valence-electron chi connectivity index (χ1n) is 6.24. The zero-order valence-corrected chi connectivity index (χ0v) is 11.9. The number of hydrogen-bond donors (Lipinski definition) is 2. The average molecular weight is 256 g/mol. The first-order valence-corrected chi connectivity index (χ1v) is 6.24. The number of nitrogens with one attached hydrogen (secondary N) is 1. The van der Waals surface area contributed by atoms with Gasteiger partial charge < -0.3 is 16.0 Å². The molecule has 19 heavy (non-hydrogen) atoms. The number of aryl methyl sites for hydroxylation is 2. The molecule has 0 spiro atoms. The Kier molecular flexibility index (Phi) is 3.60. The molecule has 1 aromatic heterocycles. The summed E-state index contributed by atoms with van der Waals surface area (Å²) in [4.78, 5) is 6.42. The lowest BCUT2D eigenvalue weighted by molar-refractivity contribution is 1.11. The number of aromatic nitrogens is 1. The maximum atomic E-state index is 5.89. The number of nitrogens with zero attached hydrogens (tertiary/aromatic N) is 2. The van der Waals surface area contributed by atoms with Gasteiger partial charge in [0.15, 0.2) is 0 Å². The number of nitrogens with two attached hydrogens (primary N) is 1. The number of pyridine rings is 1. The van der Waals surface area contributed by atoms with E-state index in [0.717, 1.165) is 22.8 Å². The molecule has 2 rings (SSSR count). The summed E-state index contributed by atoms with van der Waals surface area (Å²) in [5.74, 6) is 0.761. The second kappa shape index (κ2) is 5.18. The van der Waals surface area contributed by atoms with Gasteiger partial charge in [-0.15, -0.1) is 0 Å². The van der Waals surface area contributed by atoms with Gasteiger partial charge in [0, 0.05) is 43.4 Å². The molecule has 100 valence electrons. The third kappa shape index (κ3) is 2.96. The lowest BCUT2D eigenvalue weighted by Gasteiger charge is -2.17. The molecule has 4 heteroatoms. The summed E-state index contributed by atoms with van der Waals surface area (Å²) in [6, 6.07) is 8.09. The lowest BCUT2D eigenvalue weighted by Crippen LogP contribution is -2.10. The molecule has 0 radical (unpaired) electrons. The molecule has 4 nitrogen and oxygen atoms in total. The highest BCUT2D eigenvalue weighted by Gasteiger charge is 2.04. The minimum absolute atomic E-state index is 0.748. The van der Waals surface area contributed by atoms with E-state index in [4.69, 9.17) is 5.73 Å². The minimum Gasteiger partial charge on any atom is -0.398 e. The molecule has 0 amide bonds. The van der Waals surface area contributed by atoms with Crippen LogP contribution in [0, 0.1) is 13.8 Å². The van der Waals surface area contributed by atoms with E-state index < -0.39 is 0 Å². The van der Waals surface area contributed by atoms with Crippen molar-refractivity contribution in [1.29, 1.82) is 0 Å². The lowest BCUT2D eigenvalue weighted by atomic mass is 10.1. The van der Waals surface area contributed by atoms with Crippen molar-refractivity contribution in [3.05, 3.63) is 41.6 Å². The zero-order valence-electron chi connectivity index (χ0n) is 11.9. The van der Waals surface area contributed by atoms with Gasteiger partial charge in [-0.3, -0.25) is 0 Å². The highest BCUT2D eigenvalue weighted by atomic mass is 15.1. The highest BCUT2D eigenvalue weighted by molar-refractivity contribution is 5.67. The summed E-state index contributed by atoms with van der Waals surface area (Å²) in [7, 11) is 4.07. The van der Waals surface area contributed by atoms with Crippen LogP contribution in [0.15, 0.2) is 30.5 Å². The van der Waals surface area contributed by atoms with Crippen LogP contribution in [-0.4, -0.2) is 19.1 Å². The van der Waals surface area contributed by atoms with Gasteiger partial charge in [-0.1, -0.05) is 6.07 Å². The van der Waals surface area contributed by atoms with E-state index in [1.54, 1.807) is 6.20 Å². The first kappa shape index (κ1) is 13.2. The van der Waals surface area contributed by atoms with Crippen LogP contribution < -0.4 is 16.0 Å². The van der Waals surface area contributed by atoms with Crippen molar-refractivity contribution >= 4 is 22.9 Å². The number of rotatable bonds is 3. The van der Waals surface area contributed by atoms with E-state index >= 15 is 0 Å². The number of anilines is 4. The van der Waals surface area contributed by atoms with E-state index in [1.165, 1.54) is 11.3 Å². The molecule has 1 aromatic carbocycles. The van der Waals surface area contributed by atoms with Gasteiger partial charge in [0.05, 0.1) is 0 Å². The monoisotopic (exact) mass is 256 g/mol. The summed E-state index contributed by atoms with van der Waals surface area (Å²) in [6.07, 6.45) is 1.78. The van der Waals surface area contributed by atoms with Crippen LogP contribution >= 0.6 is 0 Å². The SMILES string of the molecule is Cc1cnc(Nc2ccc(C)c(N(C)C)c2)cc1N. The van der Waals surface area contributed by atoms with Crippen LogP contribution in [0.2, 0.25) is 0 Å². The van der Waals surface area contributed by atoms with Crippen LogP contribution in [-0.2, 0) is 0 Å². The van der Waals surface area contributed by atoms with Crippen molar-refractivity contribution in [2.45, 2.75) is 13.8 Å². The fourth-order valence-electron chi connectivity index (χ4n) is 1.92. The van der Waals surface area contributed by atoms with Crippen molar-refractivity contribution in [3.8, 4) is 0 Å². The molecule has 0 aliphatic rings. The van der Waals surface area contributed by atoms with Gasteiger partial charge in [0.1, 0.15) is 5.82 Å². The smallest absolute Gasteiger partial charge is 0.132 e. The topological polar surface area (TPSA) is 54.2 Å². The van der Waals surface area contributed by atoms with Gasteiger partial charge in [0.25, 0.3) is 0 Å². The van der Waals surface area contributed by atoms with Crippen molar-refractivity contribution in [2.75, 3.05) is 30.0 Å². The Morgan fingerprint density at radius 3 is 2.47 bits per heavy atom. The second-order valence-electron chi connectivity index (χ2n) is 4.95. The minimum atomic E-state index is 0.748. The first-order chi connectivity index (χ1) is 8.97. The van der Waals surface area contributed by atoms with Gasteiger partial charge in [-0.05, 0) is 37.1 Å². The van der Waals surface area contributed by atoms with E-state index in [1.807, 2.05) is 33.2 Å². The van der Waals surface area contributed by atoms with Gasteiger partial charge in [-0.2, -0.15) is 0 Å². The Bertz CT molecular complexity index is 591. The molecule has 0 bridgehead atoms. The van der Waals surface area contributed by atoms with Crippen LogP contribution in [0.1, 0.15) is 11.1 Å². The van der Waals surface area contributed by atoms with E-state index in [9.17, 15) is 0 Å². The Balaban J connectivity index is 2.28. The summed E-state index contributed by atoms with van der Waals surface area (Å²) in [6.45, 7) is 4.05. The van der Waals surface area contributed by atoms with Crippen LogP contribution in [0.4, 0.5) is 22.9 Å². The third-order valence-electron chi connectivity index (χ3n) is 3.11. The molecule has 0 aliphatic heterocycles. The second-order valence-corrected chi connectivity index (χ2v) is 4.95. The van der Waals surface area contributed by atoms with Crippen LogP contribution in [0.3, 0.4) is 0 Å². The molecule has 0 unspecified atom stereocenters. The quantitative estimate of drug-likeness (QED) is 0.886. The van der Waals surface area contributed by atoms with Gasteiger partial charge in [0.2, 0.25) is 0 Å². The molecule has 0 saturated heterocycles. The maximum absolute atomic E-state index is 5.89. The Labute approximate surface area is 114 Å². The van der Waals surface area contributed by atoms with Crippen molar-refractivity contribution < 1.29 is 0 Å². The summed E-state index contributed by atoms with van der Waals surface area (Å²) in [5, 5.41) is 3.28. The zero-order chi connectivity index (χ0) is 14.0. The molecule has 0 atom stereocenters. The van der Waals surface area contributed by atoms with E-state index in [0.29, 0.717) is 0 Å². The standard InChI is InChI=1S/C15H20N4/c1-10-5-6-12(7-14(10)19(3)4)18-15-8-13(16)11(2)9-17-15/h5-9H,1-4H3,(H3,16,17,18). The normalized spacial score (nSPS) is 10.3. The molecule has 1 heterocycles. The van der Waals surface area contributed by atoms with Gasteiger partial charge >= 0.3 is 0 Å². The van der Waals surface area contributed by atoms with Crippen LogP contribution in [0.25, 0.3) is 0 Å². The van der Waals surface area contributed by atoms with Crippen LogP contribution in [0.5, 0.6) is 0 Å². The third-order valence-corrected chi connectivity index (χ3v) is 3.11. The summed E-state index contributed by atoms with van der Waals surface area (Å²) >= 11 is 0. The summed E-state index contributed by atoms with van der Waals surface area (Å²) in [5.41, 5.74) is 11.1. The molecular weight excluding hydrogens is 236 g/mol. The number of benzene rings is 1. The fraction of sp³-hybridized carbons (Fsp3) is 0.267. The van der Waals surface area contributed by atoms with Crippen molar-refractivity contribution in [3.63, 3.8) is 0 Å². The Hall–Kier alpha value is -2.23. The van der Waals surface area contributed by atoms with Crippen molar-refractivity contribution in [2.24, 2.45) is 0 Å². The molecule has 0 aliphatic carbocycles. The molecule has 3 N–H and O–H groups in total. The molecular formula is C15H20N4. The number of nitrogen functional groups attached to an aromatic ring is 1. The molecule has 0 fully saturated rings. The number of hydrogen-bond acceptors (Lipinski definition) is 4. The van der Waals surface area contributed by atoms with Crippen molar-refractivity contribution in [1.82, 2.24) is 4.98 Å². The maximum Gasteiger partial charge on any atom is 0.132 e. The summed E-state index contributed by atoms with van der Waals surface area (Å²) < 4.78 is 0. The van der Waals surface area contributed by atoms with Gasteiger partial charge in [-0.25, -0.2) is 4.98 Å². The molecule has 0 saturated carbocycles. The molecule has 2 aromatic rings. The Morgan fingerprint density at radius 1 is 1.11 bits per heavy atom. The fourth-order valence-corrected chi connectivity index (χ4v) is 1.92. The largest absolute Gasteiger partial charge is 0.398 e. The predicted molar refractivity (Wildman–Crippen MR) is 82.2 cm³/mol. The average Bonchev–Trinajstić information content (AvgIpc) is 2.36.